The van der Waals surface area contributed by atoms with E-state index in [4.69, 9.17) is 21.1 Å². The average molecular weight is 580 g/mol. The Morgan fingerprint density at radius 2 is 1.98 bits per heavy atom. The monoisotopic (exact) mass is 579 g/mol. The SMILES string of the molecule is COC(=O)NCCO[C@@H](c1cccc(Cl)c1)[C@@H]1CCCN(C(=O)N[C@@H](CC2CCCCC2)C(O)[C@@H]2CCCO2)C1. The van der Waals surface area contributed by atoms with Crippen molar-refractivity contribution in [3.8, 4) is 0 Å². The Balaban J connectivity index is 1.41. The van der Waals surface area contributed by atoms with Gasteiger partial charge in [0.25, 0.3) is 0 Å². The van der Waals surface area contributed by atoms with E-state index in [2.05, 4.69) is 15.4 Å². The van der Waals surface area contributed by atoms with Crippen molar-refractivity contribution in [2.75, 3.05) is 40.0 Å². The van der Waals surface area contributed by atoms with Crippen molar-refractivity contribution < 1.29 is 28.9 Å². The Morgan fingerprint density at radius 3 is 2.70 bits per heavy atom. The van der Waals surface area contributed by atoms with Gasteiger partial charge in [-0.1, -0.05) is 55.8 Å². The van der Waals surface area contributed by atoms with Crippen LogP contribution in [0.15, 0.2) is 24.3 Å². The summed E-state index contributed by atoms with van der Waals surface area (Å²) in [7, 11) is 1.33. The third-order valence-electron chi connectivity index (χ3n) is 8.58. The summed E-state index contributed by atoms with van der Waals surface area (Å²) in [5.41, 5.74) is 0.946. The molecular weight excluding hydrogens is 534 g/mol. The highest BCUT2D eigenvalue weighted by molar-refractivity contribution is 6.30. The number of hydrogen-bond donors (Lipinski definition) is 3. The summed E-state index contributed by atoms with van der Waals surface area (Å²) in [5.74, 6) is 0.569. The first kappa shape index (κ1) is 30.9. The van der Waals surface area contributed by atoms with Gasteiger partial charge in [0.15, 0.2) is 0 Å². The maximum absolute atomic E-state index is 13.6. The number of rotatable bonds is 11. The standard InChI is InChI=1S/C30H46ClN3O6/c1-38-30(37)32-14-17-40-28(22-10-5-12-24(31)19-22)23-11-6-15-34(20-23)29(36)33-25(18-21-8-3-2-4-9-21)27(35)26-13-7-16-39-26/h5,10,12,19,21,23,25-28,35H,2-4,6-9,11,13-18,20H2,1H3,(H,32,37)(H,33,36)/t23-,25+,26+,27?,28+/m1/s1. The van der Waals surface area contributed by atoms with Gasteiger partial charge in [-0.2, -0.15) is 0 Å². The van der Waals surface area contributed by atoms with E-state index in [1.54, 1.807) is 0 Å². The van der Waals surface area contributed by atoms with E-state index in [9.17, 15) is 14.7 Å². The highest BCUT2D eigenvalue weighted by Gasteiger charge is 2.36. The number of carbonyl (C=O) groups excluding carboxylic acids is 2. The smallest absolute Gasteiger partial charge is 0.406 e. The van der Waals surface area contributed by atoms with Crippen molar-refractivity contribution in [1.82, 2.24) is 15.5 Å². The summed E-state index contributed by atoms with van der Waals surface area (Å²) >= 11 is 6.31. The van der Waals surface area contributed by atoms with Crippen LogP contribution >= 0.6 is 11.6 Å². The number of carbonyl (C=O) groups is 2. The molecule has 3 aliphatic rings. The number of benzene rings is 1. The molecule has 0 radical (unpaired) electrons. The van der Waals surface area contributed by atoms with E-state index >= 15 is 0 Å². The van der Waals surface area contributed by atoms with Crippen molar-refractivity contribution in [2.45, 2.75) is 88.6 Å². The van der Waals surface area contributed by atoms with Gasteiger partial charge in [-0.25, -0.2) is 9.59 Å². The number of ether oxygens (including phenoxy) is 3. The number of amides is 3. The third-order valence-corrected chi connectivity index (χ3v) is 8.82. The summed E-state index contributed by atoms with van der Waals surface area (Å²) in [6.07, 6.45) is 8.59. The quantitative estimate of drug-likeness (QED) is 0.316. The molecule has 0 aromatic heterocycles. The molecule has 0 spiro atoms. The van der Waals surface area contributed by atoms with Gasteiger partial charge in [0, 0.05) is 37.2 Å². The fourth-order valence-electron chi connectivity index (χ4n) is 6.49. The Labute approximate surface area is 243 Å². The minimum absolute atomic E-state index is 0.0518. The van der Waals surface area contributed by atoms with Gasteiger partial charge in [0.1, 0.15) is 6.10 Å². The lowest BCUT2D eigenvalue weighted by atomic mass is 9.83. The van der Waals surface area contributed by atoms with Crippen LogP contribution in [0.2, 0.25) is 5.02 Å². The maximum Gasteiger partial charge on any atom is 0.406 e. The second-order valence-corrected chi connectivity index (χ2v) is 11.9. The molecule has 1 unspecified atom stereocenters. The molecule has 40 heavy (non-hydrogen) atoms. The highest BCUT2D eigenvalue weighted by Crippen LogP contribution is 2.34. The zero-order valence-corrected chi connectivity index (χ0v) is 24.4. The Morgan fingerprint density at radius 1 is 1.15 bits per heavy atom. The molecule has 0 bridgehead atoms. The first-order valence-electron chi connectivity index (χ1n) is 15.0. The lowest BCUT2D eigenvalue weighted by Crippen LogP contribution is -2.55. The normalized spacial score (nSPS) is 24.2. The second-order valence-electron chi connectivity index (χ2n) is 11.5. The molecule has 1 aromatic carbocycles. The molecule has 224 valence electrons. The molecule has 1 saturated carbocycles. The molecule has 5 atom stereocenters. The van der Waals surface area contributed by atoms with Gasteiger partial charge in [0.05, 0.1) is 32.0 Å². The van der Waals surface area contributed by atoms with Crippen LogP contribution in [0.5, 0.6) is 0 Å². The molecule has 3 N–H and O–H groups in total. The lowest BCUT2D eigenvalue weighted by molar-refractivity contribution is -0.0261. The zero-order chi connectivity index (χ0) is 28.3. The molecule has 2 saturated heterocycles. The molecule has 2 aliphatic heterocycles. The van der Waals surface area contributed by atoms with Crippen LogP contribution in [0.25, 0.3) is 0 Å². The van der Waals surface area contributed by atoms with Crippen molar-refractivity contribution >= 4 is 23.7 Å². The van der Waals surface area contributed by atoms with Crippen LogP contribution in [0.1, 0.15) is 75.9 Å². The number of urea groups is 1. The molecule has 4 rings (SSSR count). The second kappa shape index (κ2) is 15.8. The fraction of sp³-hybridized carbons (Fsp3) is 0.733. The number of hydrogen-bond acceptors (Lipinski definition) is 6. The summed E-state index contributed by atoms with van der Waals surface area (Å²) in [6.45, 7) is 2.45. The Hall–Kier alpha value is -2.07. The molecular formula is C30H46ClN3O6. The van der Waals surface area contributed by atoms with Crippen molar-refractivity contribution in [3.63, 3.8) is 0 Å². The first-order chi connectivity index (χ1) is 19.4. The molecule has 9 nitrogen and oxygen atoms in total. The topological polar surface area (TPSA) is 109 Å². The minimum Gasteiger partial charge on any atom is -0.453 e. The number of nitrogens with zero attached hydrogens (tertiary/aromatic N) is 1. The van der Waals surface area contributed by atoms with Crippen LogP contribution < -0.4 is 10.6 Å². The maximum atomic E-state index is 13.6. The van der Waals surface area contributed by atoms with Crippen LogP contribution in [-0.4, -0.2) is 80.3 Å². The van der Waals surface area contributed by atoms with Crippen LogP contribution in [-0.2, 0) is 14.2 Å². The first-order valence-corrected chi connectivity index (χ1v) is 15.4. The van der Waals surface area contributed by atoms with Gasteiger partial charge in [-0.05, 0) is 55.7 Å². The minimum atomic E-state index is -0.709. The molecule has 3 fully saturated rings. The zero-order valence-electron chi connectivity index (χ0n) is 23.7. The molecule has 2 heterocycles. The predicted octanol–water partition coefficient (Wildman–Crippen LogP) is 5.05. The van der Waals surface area contributed by atoms with Gasteiger partial charge in [-0.15, -0.1) is 0 Å². The van der Waals surface area contributed by atoms with E-state index in [1.165, 1.54) is 26.4 Å². The summed E-state index contributed by atoms with van der Waals surface area (Å²) in [5, 5.41) is 17.7. The predicted molar refractivity (Wildman–Crippen MR) is 153 cm³/mol. The number of likely N-dealkylation sites (tertiary alicyclic amines) is 1. The van der Waals surface area contributed by atoms with Crippen LogP contribution in [0, 0.1) is 11.8 Å². The molecule has 10 heteroatoms. The van der Waals surface area contributed by atoms with E-state index in [1.807, 2.05) is 29.2 Å². The van der Waals surface area contributed by atoms with Crippen molar-refractivity contribution in [1.29, 1.82) is 0 Å². The summed E-state index contributed by atoms with van der Waals surface area (Å²) in [6, 6.07) is 7.14. The largest absolute Gasteiger partial charge is 0.453 e. The number of piperidine rings is 1. The highest BCUT2D eigenvalue weighted by atomic mass is 35.5. The molecule has 1 aromatic rings. The van der Waals surface area contributed by atoms with Crippen LogP contribution in [0.3, 0.4) is 0 Å². The van der Waals surface area contributed by atoms with E-state index < -0.39 is 12.2 Å². The number of aliphatic hydroxyl groups is 1. The average Bonchev–Trinajstić information content (AvgIpc) is 3.52. The van der Waals surface area contributed by atoms with Gasteiger partial charge in [-0.3, -0.25) is 0 Å². The van der Waals surface area contributed by atoms with E-state index in [0.29, 0.717) is 43.8 Å². The van der Waals surface area contributed by atoms with Gasteiger partial charge in [0.2, 0.25) is 0 Å². The van der Waals surface area contributed by atoms with Gasteiger partial charge >= 0.3 is 12.1 Å². The Bertz CT molecular complexity index is 940. The Kier molecular flexibility index (Phi) is 12.2. The number of aliphatic hydroxyl groups excluding tert-OH is 1. The third kappa shape index (κ3) is 8.96. The lowest BCUT2D eigenvalue weighted by Gasteiger charge is -2.39. The van der Waals surface area contributed by atoms with E-state index in [-0.39, 0.29) is 30.2 Å². The summed E-state index contributed by atoms with van der Waals surface area (Å²) < 4.78 is 16.7. The van der Waals surface area contributed by atoms with Crippen molar-refractivity contribution in [3.05, 3.63) is 34.9 Å². The molecule has 3 amide bonds. The fourth-order valence-corrected chi connectivity index (χ4v) is 6.69. The van der Waals surface area contributed by atoms with E-state index in [0.717, 1.165) is 50.5 Å². The number of alkyl carbamates (subject to hydrolysis) is 1. The van der Waals surface area contributed by atoms with Crippen LogP contribution in [0.4, 0.5) is 9.59 Å². The molecule has 1 aliphatic carbocycles. The van der Waals surface area contributed by atoms with Crippen molar-refractivity contribution in [2.24, 2.45) is 11.8 Å². The summed E-state index contributed by atoms with van der Waals surface area (Å²) in [4.78, 5) is 26.9. The van der Waals surface area contributed by atoms with Gasteiger partial charge < -0.3 is 34.9 Å². The number of methoxy groups -OCH3 is 1. The number of nitrogens with one attached hydrogen (secondary N) is 2. The number of halogens is 1.